The zero-order valence-corrected chi connectivity index (χ0v) is 12.3. The van der Waals surface area contributed by atoms with Crippen LogP contribution in [0.4, 0.5) is 0 Å². The fourth-order valence-electron chi connectivity index (χ4n) is 2.70. The average molecular weight is 296 g/mol. The Hall–Kier alpha value is -0.340. The van der Waals surface area contributed by atoms with Gasteiger partial charge in [0.15, 0.2) is 0 Å². The van der Waals surface area contributed by atoms with Gasteiger partial charge in [-0.25, -0.2) is 0 Å². The summed E-state index contributed by atoms with van der Waals surface area (Å²) in [6.07, 6.45) is 5.41. The first kappa shape index (κ1) is 13.1. The van der Waals surface area contributed by atoms with E-state index in [1.165, 1.54) is 35.7 Å². The molecule has 0 aliphatic heterocycles. The summed E-state index contributed by atoms with van der Waals surface area (Å²) in [7, 11) is 0. The summed E-state index contributed by atoms with van der Waals surface area (Å²) in [4.78, 5) is 0. The number of rotatable bonds is 3. The summed E-state index contributed by atoms with van der Waals surface area (Å²) in [5.74, 6) is 0.923. The molecule has 0 aromatic heterocycles. The molecule has 0 saturated heterocycles. The van der Waals surface area contributed by atoms with E-state index in [1.54, 1.807) is 0 Å². The van der Waals surface area contributed by atoms with Gasteiger partial charge in [0.05, 0.1) is 0 Å². The zero-order valence-electron chi connectivity index (χ0n) is 10.7. The van der Waals surface area contributed by atoms with E-state index in [2.05, 4.69) is 59.4 Å². The molecule has 1 aromatic rings. The van der Waals surface area contributed by atoms with Crippen LogP contribution in [0.15, 0.2) is 28.7 Å². The van der Waals surface area contributed by atoms with Gasteiger partial charge in [-0.2, -0.15) is 0 Å². The van der Waals surface area contributed by atoms with Gasteiger partial charge in [-0.05, 0) is 50.2 Å². The van der Waals surface area contributed by atoms with Crippen molar-refractivity contribution in [3.8, 4) is 0 Å². The zero-order chi connectivity index (χ0) is 12.3. The SMILES string of the molecule is CC1CCC(NC(C)c2ccccc2Br)CC1. The molecule has 0 spiro atoms. The van der Waals surface area contributed by atoms with Gasteiger partial charge in [0, 0.05) is 16.6 Å². The Morgan fingerprint density at radius 3 is 2.47 bits per heavy atom. The van der Waals surface area contributed by atoms with Gasteiger partial charge in [-0.3, -0.25) is 0 Å². The second kappa shape index (κ2) is 6.01. The van der Waals surface area contributed by atoms with E-state index in [-0.39, 0.29) is 0 Å². The van der Waals surface area contributed by atoms with Crippen molar-refractivity contribution in [2.24, 2.45) is 5.92 Å². The van der Waals surface area contributed by atoms with Crippen molar-refractivity contribution >= 4 is 15.9 Å². The van der Waals surface area contributed by atoms with Crippen LogP contribution < -0.4 is 5.32 Å². The van der Waals surface area contributed by atoms with Crippen molar-refractivity contribution in [1.29, 1.82) is 0 Å². The highest BCUT2D eigenvalue weighted by Gasteiger charge is 2.20. The van der Waals surface area contributed by atoms with Crippen LogP contribution in [0.3, 0.4) is 0 Å². The fraction of sp³-hybridized carbons (Fsp3) is 0.600. The Labute approximate surface area is 113 Å². The molecule has 0 heterocycles. The summed E-state index contributed by atoms with van der Waals surface area (Å²) >= 11 is 3.63. The van der Waals surface area contributed by atoms with Crippen molar-refractivity contribution in [2.75, 3.05) is 0 Å². The standard InChI is InChI=1S/C15H22BrN/c1-11-7-9-13(10-8-11)17-12(2)14-5-3-4-6-15(14)16/h3-6,11-13,17H,7-10H2,1-2H3. The highest BCUT2D eigenvalue weighted by Crippen LogP contribution is 2.27. The highest BCUT2D eigenvalue weighted by atomic mass is 79.9. The average Bonchev–Trinajstić information content (AvgIpc) is 2.32. The first-order valence-corrected chi connectivity index (χ1v) is 7.46. The number of hydrogen-bond acceptors (Lipinski definition) is 1. The molecule has 2 rings (SSSR count). The lowest BCUT2D eigenvalue weighted by atomic mass is 9.87. The van der Waals surface area contributed by atoms with Crippen LogP contribution in [-0.2, 0) is 0 Å². The minimum absolute atomic E-state index is 0.434. The molecular formula is C15H22BrN. The van der Waals surface area contributed by atoms with Crippen LogP contribution in [-0.4, -0.2) is 6.04 Å². The van der Waals surface area contributed by atoms with E-state index in [0.29, 0.717) is 12.1 Å². The second-order valence-corrected chi connectivity index (χ2v) is 6.22. The lowest BCUT2D eigenvalue weighted by Gasteiger charge is -2.30. The van der Waals surface area contributed by atoms with Crippen LogP contribution in [0, 0.1) is 5.92 Å². The van der Waals surface area contributed by atoms with Gasteiger partial charge in [-0.15, -0.1) is 0 Å². The number of halogens is 1. The molecule has 1 aliphatic carbocycles. The Morgan fingerprint density at radius 1 is 1.18 bits per heavy atom. The van der Waals surface area contributed by atoms with Crippen molar-refractivity contribution in [2.45, 2.75) is 51.6 Å². The second-order valence-electron chi connectivity index (χ2n) is 5.37. The number of benzene rings is 1. The molecule has 1 atom stereocenters. The molecule has 1 aromatic carbocycles. The van der Waals surface area contributed by atoms with E-state index >= 15 is 0 Å². The number of nitrogens with one attached hydrogen (secondary N) is 1. The van der Waals surface area contributed by atoms with Crippen molar-refractivity contribution in [3.05, 3.63) is 34.3 Å². The molecule has 2 heteroatoms. The normalized spacial score (nSPS) is 26.8. The topological polar surface area (TPSA) is 12.0 Å². The van der Waals surface area contributed by atoms with Crippen LogP contribution in [0.2, 0.25) is 0 Å². The quantitative estimate of drug-likeness (QED) is 0.854. The summed E-state index contributed by atoms with van der Waals surface area (Å²) < 4.78 is 1.21. The third-order valence-corrected chi connectivity index (χ3v) is 4.60. The Balaban J connectivity index is 1.93. The van der Waals surface area contributed by atoms with Gasteiger partial charge in [-0.1, -0.05) is 41.1 Å². The molecule has 0 radical (unpaired) electrons. The van der Waals surface area contributed by atoms with E-state index in [0.717, 1.165) is 5.92 Å². The van der Waals surface area contributed by atoms with E-state index in [1.807, 2.05) is 0 Å². The largest absolute Gasteiger partial charge is 0.307 e. The molecule has 1 N–H and O–H groups in total. The first-order chi connectivity index (χ1) is 8.16. The third kappa shape index (κ3) is 3.56. The highest BCUT2D eigenvalue weighted by molar-refractivity contribution is 9.10. The van der Waals surface area contributed by atoms with Crippen LogP contribution in [0.25, 0.3) is 0 Å². The predicted molar refractivity (Wildman–Crippen MR) is 77.1 cm³/mol. The Bertz CT molecular complexity index is 356. The predicted octanol–water partition coefficient (Wildman–Crippen LogP) is 4.68. The van der Waals surface area contributed by atoms with Crippen molar-refractivity contribution in [1.82, 2.24) is 5.32 Å². The first-order valence-electron chi connectivity index (χ1n) is 6.67. The van der Waals surface area contributed by atoms with E-state index in [4.69, 9.17) is 0 Å². The monoisotopic (exact) mass is 295 g/mol. The minimum atomic E-state index is 0.434. The maximum atomic E-state index is 3.77. The minimum Gasteiger partial charge on any atom is -0.307 e. The van der Waals surface area contributed by atoms with E-state index in [9.17, 15) is 0 Å². The lowest BCUT2D eigenvalue weighted by Crippen LogP contribution is -2.34. The smallest absolute Gasteiger partial charge is 0.0305 e. The summed E-state index contributed by atoms with van der Waals surface area (Å²) in [5, 5.41) is 3.77. The Kier molecular flexibility index (Phi) is 4.63. The van der Waals surface area contributed by atoms with Crippen molar-refractivity contribution in [3.63, 3.8) is 0 Å². The van der Waals surface area contributed by atoms with Crippen LogP contribution in [0.1, 0.15) is 51.1 Å². The molecule has 0 bridgehead atoms. The molecule has 17 heavy (non-hydrogen) atoms. The summed E-state index contributed by atoms with van der Waals surface area (Å²) in [6, 6.07) is 9.64. The number of hydrogen-bond donors (Lipinski definition) is 1. The molecule has 1 saturated carbocycles. The van der Waals surface area contributed by atoms with Gasteiger partial charge in [0.25, 0.3) is 0 Å². The van der Waals surface area contributed by atoms with Crippen LogP contribution in [0.5, 0.6) is 0 Å². The molecule has 1 aliphatic rings. The molecular weight excluding hydrogens is 274 g/mol. The maximum Gasteiger partial charge on any atom is 0.0305 e. The Morgan fingerprint density at radius 2 is 1.82 bits per heavy atom. The molecule has 94 valence electrons. The summed E-state index contributed by atoms with van der Waals surface area (Å²) in [6.45, 7) is 4.63. The van der Waals surface area contributed by atoms with Crippen molar-refractivity contribution < 1.29 is 0 Å². The van der Waals surface area contributed by atoms with E-state index < -0.39 is 0 Å². The van der Waals surface area contributed by atoms with Gasteiger partial charge >= 0.3 is 0 Å². The molecule has 1 unspecified atom stereocenters. The third-order valence-electron chi connectivity index (χ3n) is 3.87. The van der Waals surface area contributed by atoms with Gasteiger partial charge in [0.1, 0.15) is 0 Å². The van der Waals surface area contributed by atoms with Crippen LogP contribution >= 0.6 is 15.9 Å². The molecule has 1 nitrogen and oxygen atoms in total. The summed E-state index contributed by atoms with van der Waals surface area (Å²) in [5.41, 5.74) is 1.37. The fourth-order valence-corrected chi connectivity index (χ4v) is 3.32. The van der Waals surface area contributed by atoms with Gasteiger partial charge in [0.2, 0.25) is 0 Å². The molecule has 0 amide bonds. The maximum absolute atomic E-state index is 3.77. The van der Waals surface area contributed by atoms with Gasteiger partial charge < -0.3 is 5.32 Å². The lowest BCUT2D eigenvalue weighted by molar-refractivity contribution is 0.291. The molecule has 1 fully saturated rings.